The number of fused-ring (bicyclic) bond motifs is 4. The maximum absolute atomic E-state index is 12.7. The summed E-state index contributed by atoms with van der Waals surface area (Å²) in [6, 6.07) is 10.2. The lowest BCUT2D eigenvalue weighted by atomic mass is 9.83. The average Bonchev–Trinajstić information content (AvgIpc) is 3.56. The van der Waals surface area contributed by atoms with Crippen LogP contribution in [-0.2, 0) is 22.4 Å². The number of imidazole rings is 1. The second-order valence-electron chi connectivity index (χ2n) is 11.1. The predicted octanol–water partition coefficient (Wildman–Crippen LogP) is 5.92. The van der Waals surface area contributed by atoms with Crippen molar-refractivity contribution in [3.63, 3.8) is 0 Å². The van der Waals surface area contributed by atoms with Crippen LogP contribution in [0, 0.1) is 5.92 Å². The molecule has 38 heavy (non-hydrogen) atoms. The number of hydrogen-bond acceptors (Lipinski definition) is 5. The third-order valence-corrected chi connectivity index (χ3v) is 8.81. The Labute approximate surface area is 223 Å². The minimum Gasteiger partial charge on any atom is -0.452 e. The van der Waals surface area contributed by atoms with E-state index in [4.69, 9.17) is 9.72 Å². The van der Waals surface area contributed by atoms with E-state index in [0.717, 1.165) is 78.4 Å². The van der Waals surface area contributed by atoms with Crippen molar-refractivity contribution in [3.8, 4) is 0 Å². The fourth-order valence-electron chi connectivity index (χ4n) is 6.72. The topological polar surface area (TPSA) is 84.7 Å². The van der Waals surface area contributed by atoms with Gasteiger partial charge in [0.2, 0.25) is 0 Å². The number of aliphatic hydroxyl groups is 1. The summed E-state index contributed by atoms with van der Waals surface area (Å²) in [5.74, 6) is 0.856. The Bertz CT molecular complexity index is 1460. The van der Waals surface area contributed by atoms with Crippen LogP contribution < -0.4 is 4.90 Å². The molecule has 0 bridgehead atoms. The Kier molecular flexibility index (Phi) is 6.34. The van der Waals surface area contributed by atoms with Gasteiger partial charge in [-0.1, -0.05) is 30.7 Å². The highest BCUT2D eigenvalue weighted by Gasteiger charge is 2.35. The van der Waals surface area contributed by atoms with Gasteiger partial charge in [-0.15, -0.1) is 0 Å². The summed E-state index contributed by atoms with van der Waals surface area (Å²) < 4.78 is 7.30. The monoisotopic (exact) mass is 513 g/mol. The molecule has 2 heterocycles. The van der Waals surface area contributed by atoms with Crippen molar-refractivity contribution in [1.29, 1.82) is 0 Å². The zero-order valence-electron chi connectivity index (χ0n) is 22.3. The number of nitrogens with zero attached hydrogens (tertiary/aromatic N) is 3. The number of aliphatic hydroxyl groups excluding tert-OH is 1. The minimum atomic E-state index is -0.908. The fraction of sp³-hybridized carbons (Fsp3) is 0.452. The summed E-state index contributed by atoms with van der Waals surface area (Å²) in [6.07, 6.45) is 9.03. The number of aromatic nitrogens is 2. The first-order valence-electron chi connectivity index (χ1n) is 13.8. The first-order valence-corrected chi connectivity index (χ1v) is 13.8. The van der Waals surface area contributed by atoms with Crippen LogP contribution in [-0.4, -0.2) is 39.7 Å². The highest BCUT2D eigenvalue weighted by Crippen LogP contribution is 2.42. The van der Waals surface area contributed by atoms with Gasteiger partial charge < -0.3 is 14.4 Å². The van der Waals surface area contributed by atoms with E-state index >= 15 is 0 Å². The van der Waals surface area contributed by atoms with Gasteiger partial charge in [-0.2, -0.15) is 0 Å². The summed E-state index contributed by atoms with van der Waals surface area (Å²) in [7, 11) is 1.41. The van der Waals surface area contributed by atoms with E-state index in [9.17, 15) is 14.7 Å². The average molecular weight is 514 g/mol. The van der Waals surface area contributed by atoms with Gasteiger partial charge in [-0.25, -0.2) is 9.78 Å². The Hall–Kier alpha value is -3.45. The second kappa shape index (κ2) is 9.70. The number of Topliss-reactive ketones (excluding diaryl/α,β-unsaturated/α-hetero) is 1. The fourth-order valence-corrected chi connectivity index (χ4v) is 6.72. The third-order valence-electron chi connectivity index (χ3n) is 8.81. The molecule has 0 unspecified atom stereocenters. The standard InChI is InChI=1S/C31H35N3O4/c1-18-10-13-25-26(33(18)31(37)38-3)14-15-27-28(25)32-30(34(27)24-9-5-7-21(17-24)19(2)35)29(36)23-12-11-20-6-4-8-22(20)16-23/h4,8,11-12,14-16,18,21,24,29,36H,5-7,9-10,13,17H2,1-3H3/t18-,21+,24+,29+/m0/s1. The van der Waals surface area contributed by atoms with Crippen LogP contribution in [0.1, 0.15) is 86.2 Å². The number of benzene rings is 2. The number of carbonyl (C=O) groups excluding carboxylic acids is 2. The molecule has 1 aliphatic heterocycles. The molecular formula is C31H35N3O4. The molecule has 7 heteroatoms. The maximum Gasteiger partial charge on any atom is 0.414 e. The van der Waals surface area contributed by atoms with E-state index in [0.29, 0.717) is 5.82 Å². The molecule has 198 valence electrons. The van der Waals surface area contributed by atoms with Crippen molar-refractivity contribution in [2.24, 2.45) is 5.92 Å². The first kappa shape index (κ1) is 24.9. The van der Waals surface area contributed by atoms with Gasteiger partial charge in [0, 0.05) is 23.6 Å². The van der Waals surface area contributed by atoms with Crippen LogP contribution in [0.4, 0.5) is 10.5 Å². The highest BCUT2D eigenvalue weighted by molar-refractivity contribution is 5.95. The second-order valence-corrected chi connectivity index (χ2v) is 11.1. The van der Waals surface area contributed by atoms with Gasteiger partial charge in [0.1, 0.15) is 17.7 Å². The van der Waals surface area contributed by atoms with Crippen LogP contribution in [0.2, 0.25) is 0 Å². The summed E-state index contributed by atoms with van der Waals surface area (Å²) >= 11 is 0. The zero-order valence-corrected chi connectivity index (χ0v) is 22.3. The number of anilines is 1. The Morgan fingerprint density at radius 2 is 2.00 bits per heavy atom. The smallest absolute Gasteiger partial charge is 0.414 e. The van der Waals surface area contributed by atoms with Crippen LogP contribution in [0.3, 0.4) is 0 Å². The molecule has 0 radical (unpaired) electrons. The number of ether oxygens (including phenoxy) is 1. The van der Waals surface area contributed by atoms with Crippen molar-refractivity contribution in [2.45, 2.75) is 77.0 Å². The Morgan fingerprint density at radius 1 is 1.16 bits per heavy atom. The molecule has 1 saturated carbocycles. The molecule has 1 amide bonds. The van der Waals surface area contributed by atoms with Gasteiger partial charge in [0.05, 0.1) is 23.8 Å². The number of allylic oxidation sites excluding steroid dienone is 1. The summed E-state index contributed by atoms with van der Waals surface area (Å²) in [6.45, 7) is 3.72. The van der Waals surface area contributed by atoms with E-state index in [2.05, 4.69) is 28.9 Å². The molecule has 2 aromatic carbocycles. The molecule has 3 aromatic rings. The largest absolute Gasteiger partial charge is 0.452 e. The van der Waals surface area contributed by atoms with E-state index in [1.54, 1.807) is 11.8 Å². The van der Waals surface area contributed by atoms with Crippen LogP contribution >= 0.6 is 0 Å². The van der Waals surface area contributed by atoms with Crippen molar-refractivity contribution in [1.82, 2.24) is 9.55 Å². The summed E-state index contributed by atoms with van der Waals surface area (Å²) in [4.78, 5) is 31.9. The molecule has 1 aromatic heterocycles. The number of carbonyl (C=O) groups is 2. The van der Waals surface area contributed by atoms with Crippen molar-refractivity contribution < 1.29 is 19.4 Å². The first-order chi connectivity index (χ1) is 18.4. The lowest BCUT2D eigenvalue weighted by Gasteiger charge is -2.34. The molecule has 0 saturated heterocycles. The third kappa shape index (κ3) is 4.04. The van der Waals surface area contributed by atoms with Crippen molar-refractivity contribution in [3.05, 3.63) is 64.5 Å². The van der Waals surface area contributed by atoms with Crippen LogP contribution in [0.5, 0.6) is 0 Å². The van der Waals surface area contributed by atoms with Crippen LogP contribution in [0.25, 0.3) is 17.1 Å². The molecule has 0 spiro atoms. The normalized spacial score (nSPS) is 23.3. The van der Waals surface area contributed by atoms with Crippen LogP contribution in [0.15, 0.2) is 36.4 Å². The summed E-state index contributed by atoms with van der Waals surface area (Å²) in [5, 5.41) is 11.8. The van der Waals surface area contributed by atoms with Gasteiger partial charge >= 0.3 is 6.09 Å². The zero-order chi connectivity index (χ0) is 26.6. The van der Waals surface area contributed by atoms with Gasteiger partial charge in [-0.05, 0) is 87.3 Å². The lowest BCUT2D eigenvalue weighted by molar-refractivity contribution is -0.122. The highest BCUT2D eigenvalue weighted by atomic mass is 16.5. The lowest BCUT2D eigenvalue weighted by Crippen LogP contribution is -2.42. The van der Waals surface area contributed by atoms with E-state index < -0.39 is 6.10 Å². The molecule has 1 N–H and O–H groups in total. The molecule has 6 rings (SSSR count). The van der Waals surface area contributed by atoms with Gasteiger partial charge in [0.15, 0.2) is 0 Å². The SMILES string of the molecule is COC(=O)N1c2ccc3c(nc([C@H](O)c4ccc5c(c4)C=CC5)n3[C@@H]3CCC[C@@H](C(C)=O)C3)c2CC[C@@H]1C. The number of methoxy groups -OCH3 is 1. The molecule has 3 aliphatic rings. The van der Waals surface area contributed by atoms with E-state index in [1.165, 1.54) is 12.7 Å². The number of amides is 1. The van der Waals surface area contributed by atoms with E-state index in [-0.39, 0.29) is 29.9 Å². The number of ketones is 1. The van der Waals surface area contributed by atoms with Crippen molar-refractivity contribution >= 4 is 34.7 Å². The van der Waals surface area contributed by atoms with E-state index in [1.807, 2.05) is 25.1 Å². The molecular weight excluding hydrogens is 478 g/mol. The van der Waals surface area contributed by atoms with Gasteiger partial charge in [0.25, 0.3) is 0 Å². The Balaban J connectivity index is 1.52. The number of rotatable bonds is 4. The number of aryl methyl sites for hydroxylation is 1. The molecule has 1 fully saturated rings. The molecule has 2 aliphatic carbocycles. The van der Waals surface area contributed by atoms with Crippen molar-refractivity contribution in [2.75, 3.05) is 12.0 Å². The summed E-state index contributed by atoms with van der Waals surface area (Å²) in [5.41, 5.74) is 6.81. The quantitative estimate of drug-likeness (QED) is 0.468. The number of hydrogen-bond donors (Lipinski definition) is 1. The predicted molar refractivity (Wildman–Crippen MR) is 147 cm³/mol. The maximum atomic E-state index is 12.7. The molecule has 4 atom stereocenters. The molecule has 7 nitrogen and oxygen atoms in total. The minimum absolute atomic E-state index is 0.0219. The van der Waals surface area contributed by atoms with Gasteiger partial charge in [-0.3, -0.25) is 9.69 Å². The Morgan fingerprint density at radius 3 is 2.79 bits per heavy atom.